The molecule has 1 aliphatic rings. The minimum absolute atomic E-state index is 0.0574. The molecule has 1 aliphatic carbocycles. The summed E-state index contributed by atoms with van der Waals surface area (Å²) in [5, 5.41) is 0. The molecule has 0 unspecified atom stereocenters. The van der Waals surface area contributed by atoms with Gasteiger partial charge < -0.3 is 10.5 Å². The van der Waals surface area contributed by atoms with Crippen LogP contribution in [0, 0.1) is 5.92 Å². The highest BCUT2D eigenvalue weighted by atomic mass is 16.5. The number of benzene rings is 1. The highest BCUT2D eigenvalue weighted by molar-refractivity contribution is 5.57. The summed E-state index contributed by atoms with van der Waals surface area (Å²) in [5.41, 5.74) is 8.35. The van der Waals surface area contributed by atoms with Crippen LogP contribution in [0.3, 0.4) is 0 Å². The summed E-state index contributed by atoms with van der Waals surface area (Å²) in [6.45, 7) is 2.02. The van der Waals surface area contributed by atoms with Gasteiger partial charge in [0.25, 0.3) is 0 Å². The average Bonchev–Trinajstić information content (AvgIpc) is 2.26. The summed E-state index contributed by atoms with van der Waals surface area (Å²) in [7, 11) is 1.69. The second kappa shape index (κ2) is 5.37. The molecule has 2 N–H and O–H groups in total. The first-order chi connectivity index (χ1) is 8.20. The van der Waals surface area contributed by atoms with Gasteiger partial charge in [-0.25, -0.2) is 0 Å². The van der Waals surface area contributed by atoms with Crippen LogP contribution in [0.1, 0.15) is 43.4 Å². The Hall–Kier alpha value is -1.28. The highest BCUT2D eigenvalue weighted by Gasteiger charge is 2.14. The number of rotatable bonds is 4. The van der Waals surface area contributed by atoms with Gasteiger partial charge >= 0.3 is 0 Å². The fourth-order valence-electron chi connectivity index (χ4n) is 2.11. The third-order valence-electron chi connectivity index (χ3n) is 3.48. The Morgan fingerprint density at radius 1 is 1.41 bits per heavy atom. The first-order valence-corrected chi connectivity index (χ1v) is 6.32. The number of ether oxygens (including phenoxy) is 1. The molecule has 1 aromatic carbocycles. The molecule has 1 saturated carbocycles. The molecule has 2 nitrogen and oxygen atoms in total. The van der Waals surface area contributed by atoms with Gasteiger partial charge in [0.05, 0.1) is 7.11 Å². The zero-order valence-electron chi connectivity index (χ0n) is 10.6. The molecule has 0 spiro atoms. The van der Waals surface area contributed by atoms with Crippen molar-refractivity contribution in [2.24, 2.45) is 11.7 Å². The molecule has 0 radical (unpaired) electrons. The van der Waals surface area contributed by atoms with E-state index in [1.54, 1.807) is 7.11 Å². The number of nitrogens with two attached hydrogens (primary N) is 1. The van der Waals surface area contributed by atoms with Crippen molar-refractivity contribution in [1.82, 2.24) is 0 Å². The number of allylic oxidation sites excluding steroid dienone is 1. The standard InChI is InChI=1S/C15H21NO/c1-11(16)15-9-8-14(17-2)10-13(15)7-6-12-4-3-5-12/h6-12H,3-5,16H2,1-2H3/b7-6+/t11-/m0/s1. The van der Waals surface area contributed by atoms with Crippen molar-refractivity contribution in [3.05, 3.63) is 35.4 Å². The van der Waals surface area contributed by atoms with Gasteiger partial charge in [0, 0.05) is 6.04 Å². The molecule has 0 aliphatic heterocycles. The van der Waals surface area contributed by atoms with E-state index >= 15 is 0 Å². The Morgan fingerprint density at radius 2 is 2.18 bits per heavy atom. The molecule has 0 bridgehead atoms. The molecule has 0 aromatic heterocycles. The monoisotopic (exact) mass is 231 g/mol. The summed E-state index contributed by atoms with van der Waals surface area (Å²) in [4.78, 5) is 0. The molecule has 1 aromatic rings. The predicted molar refractivity (Wildman–Crippen MR) is 72.0 cm³/mol. The van der Waals surface area contributed by atoms with Crippen LogP contribution < -0.4 is 10.5 Å². The fourth-order valence-corrected chi connectivity index (χ4v) is 2.11. The van der Waals surface area contributed by atoms with Crippen LogP contribution in [0.4, 0.5) is 0 Å². The van der Waals surface area contributed by atoms with Crippen molar-refractivity contribution in [2.75, 3.05) is 7.11 Å². The minimum Gasteiger partial charge on any atom is -0.497 e. The van der Waals surface area contributed by atoms with Gasteiger partial charge in [-0.15, -0.1) is 0 Å². The van der Waals surface area contributed by atoms with Crippen LogP contribution in [0.15, 0.2) is 24.3 Å². The van der Waals surface area contributed by atoms with Crippen LogP contribution in [-0.2, 0) is 0 Å². The van der Waals surface area contributed by atoms with Gasteiger partial charge in [0.15, 0.2) is 0 Å². The largest absolute Gasteiger partial charge is 0.497 e. The van der Waals surface area contributed by atoms with Crippen molar-refractivity contribution >= 4 is 6.08 Å². The van der Waals surface area contributed by atoms with E-state index < -0.39 is 0 Å². The lowest BCUT2D eigenvalue weighted by molar-refractivity contribution is 0.389. The molecule has 17 heavy (non-hydrogen) atoms. The van der Waals surface area contributed by atoms with Gasteiger partial charge in [0.1, 0.15) is 5.75 Å². The molecular weight excluding hydrogens is 210 g/mol. The Balaban J connectivity index is 2.24. The summed E-state index contributed by atoms with van der Waals surface area (Å²) in [6, 6.07) is 6.15. The topological polar surface area (TPSA) is 35.2 Å². The third-order valence-corrected chi connectivity index (χ3v) is 3.48. The normalized spacial score (nSPS) is 18.1. The minimum atomic E-state index is 0.0574. The van der Waals surface area contributed by atoms with Crippen molar-refractivity contribution in [3.63, 3.8) is 0 Å². The van der Waals surface area contributed by atoms with E-state index in [0.717, 1.165) is 11.7 Å². The summed E-state index contributed by atoms with van der Waals surface area (Å²) >= 11 is 0. The van der Waals surface area contributed by atoms with E-state index in [1.807, 2.05) is 13.0 Å². The molecule has 1 fully saturated rings. The second-order valence-electron chi connectivity index (χ2n) is 4.83. The van der Waals surface area contributed by atoms with E-state index in [4.69, 9.17) is 10.5 Å². The summed E-state index contributed by atoms with van der Waals surface area (Å²) in [5.74, 6) is 1.66. The highest BCUT2D eigenvalue weighted by Crippen LogP contribution is 2.29. The van der Waals surface area contributed by atoms with Crippen LogP contribution >= 0.6 is 0 Å². The molecule has 0 heterocycles. The van der Waals surface area contributed by atoms with Crippen LogP contribution in [0.5, 0.6) is 5.75 Å². The average molecular weight is 231 g/mol. The first-order valence-electron chi connectivity index (χ1n) is 6.32. The van der Waals surface area contributed by atoms with Gasteiger partial charge in [-0.3, -0.25) is 0 Å². The van der Waals surface area contributed by atoms with Crippen molar-refractivity contribution in [2.45, 2.75) is 32.2 Å². The van der Waals surface area contributed by atoms with Crippen molar-refractivity contribution in [1.29, 1.82) is 0 Å². The van der Waals surface area contributed by atoms with Crippen molar-refractivity contribution < 1.29 is 4.74 Å². The lowest BCUT2D eigenvalue weighted by atomic mass is 9.84. The Morgan fingerprint density at radius 3 is 2.71 bits per heavy atom. The third kappa shape index (κ3) is 2.89. The number of hydrogen-bond acceptors (Lipinski definition) is 2. The van der Waals surface area contributed by atoms with Gasteiger partial charge in [-0.1, -0.05) is 24.6 Å². The van der Waals surface area contributed by atoms with Gasteiger partial charge in [-0.05, 0) is 48.9 Å². The number of hydrogen-bond donors (Lipinski definition) is 1. The zero-order chi connectivity index (χ0) is 12.3. The smallest absolute Gasteiger partial charge is 0.119 e. The maximum Gasteiger partial charge on any atom is 0.119 e. The summed E-state index contributed by atoms with van der Waals surface area (Å²) in [6.07, 6.45) is 8.53. The Labute approximate surface area is 103 Å². The molecule has 2 heteroatoms. The van der Waals surface area contributed by atoms with Gasteiger partial charge in [-0.2, -0.15) is 0 Å². The van der Waals surface area contributed by atoms with Crippen LogP contribution in [-0.4, -0.2) is 7.11 Å². The lowest BCUT2D eigenvalue weighted by Gasteiger charge is -2.21. The molecule has 1 atom stereocenters. The number of methoxy groups -OCH3 is 1. The van der Waals surface area contributed by atoms with E-state index in [9.17, 15) is 0 Å². The first kappa shape index (κ1) is 12.2. The quantitative estimate of drug-likeness (QED) is 0.860. The fraction of sp³-hybridized carbons (Fsp3) is 0.467. The molecule has 0 amide bonds. The molecule has 92 valence electrons. The second-order valence-corrected chi connectivity index (χ2v) is 4.83. The van der Waals surface area contributed by atoms with E-state index in [2.05, 4.69) is 24.3 Å². The maximum absolute atomic E-state index is 5.98. The maximum atomic E-state index is 5.98. The lowest BCUT2D eigenvalue weighted by Crippen LogP contribution is -2.08. The molecule has 2 rings (SSSR count). The van der Waals surface area contributed by atoms with Gasteiger partial charge in [0.2, 0.25) is 0 Å². The Kier molecular flexibility index (Phi) is 3.85. The Bertz CT molecular complexity index is 405. The SMILES string of the molecule is COc1ccc([C@H](C)N)c(/C=C/C2CCC2)c1. The zero-order valence-corrected chi connectivity index (χ0v) is 10.6. The van der Waals surface area contributed by atoms with Crippen LogP contribution in [0.2, 0.25) is 0 Å². The summed E-state index contributed by atoms with van der Waals surface area (Å²) < 4.78 is 5.26. The van der Waals surface area contributed by atoms with Crippen molar-refractivity contribution in [3.8, 4) is 5.75 Å². The molecular formula is C15H21NO. The van der Waals surface area contributed by atoms with E-state index in [0.29, 0.717) is 0 Å². The predicted octanol–water partition coefficient (Wildman–Crippen LogP) is 3.53. The van der Waals surface area contributed by atoms with E-state index in [-0.39, 0.29) is 6.04 Å². The van der Waals surface area contributed by atoms with Crippen LogP contribution in [0.25, 0.3) is 6.08 Å². The van der Waals surface area contributed by atoms with E-state index in [1.165, 1.54) is 30.4 Å². The molecule has 0 saturated heterocycles.